The Morgan fingerprint density at radius 3 is 2.80 bits per heavy atom. The van der Waals surface area contributed by atoms with Gasteiger partial charge in [-0.2, -0.15) is 0 Å². The van der Waals surface area contributed by atoms with Crippen molar-refractivity contribution in [3.8, 4) is 5.75 Å². The van der Waals surface area contributed by atoms with Crippen molar-refractivity contribution in [1.29, 1.82) is 0 Å². The molecule has 30 heavy (non-hydrogen) atoms. The van der Waals surface area contributed by atoms with Crippen LogP contribution in [0.1, 0.15) is 27.4 Å². The van der Waals surface area contributed by atoms with Crippen molar-refractivity contribution >= 4 is 17.2 Å². The van der Waals surface area contributed by atoms with Gasteiger partial charge in [-0.25, -0.2) is 9.37 Å². The highest BCUT2D eigenvalue weighted by Gasteiger charge is 2.11. The van der Waals surface area contributed by atoms with Gasteiger partial charge in [0.15, 0.2) is 5.65 Å². The van der Waals surface area contributed by atoms with Crippen LogP contribution in [0, 0.1) is 19.7 Å². The first-order valence-electron chi connectivity index (χ1n) is 9.19. The minimum atomic E-state index is -0.483. The van der Waals surface area contributed by atoms with E-state index in [2.05, 4.69) is 10.3 Å². The van der Waals surface area contributed by atoms with Gasteiger partial charge in [0.05, 0.1) is 5.69 Å². The van der Waals surface area contributed by atoms with Crippen molar-refractivity contribution in [3.63, 3.8) is 0 Å². The normalized spacial score (nSPS) is 10.9. The third-order valence-corrected chi connectivity index (χ3v) is 4.43. The lowest BCUT2D eigenvalue weighted by Crippen LogP contribution is -2.14. The van der Waals surface area contributed by atoms with E-state index in [1.54, 1.807) is 31.2 Å². The molecule has 8 heteroatoms. The fourth-order valence-corrected chi connectivity index (χ4v) is 2.97. The first-order valence-corrected chi connectivity index (χ1v) is 9.19. The first-order chi connectivity index (χ1) is 14.4. The maximum atomic E-state index is 13.3. The third-order valence-electron chi connectivity index (χ3n) is 4.43. The van der Waals surface area contributed by atoms with E-state index >= 15 is 0 Å². The summed E-state index contributed by atoms with van der Waals surface area (Å²) >= 11 is 0. The molecule has 0 bridgehead atoms. The van der Waals surface area contributed by atoms with Gasteiger partial charge in [0.25, 0.3) is 11.5 Å². The van der Waals surface area contributed by atoms with E-state index < -0.39 is 11.7 Å². The molecule has 0 saturated heterocycles. The first kappa shape index (κ1) is 19.4. The van der Waals surface area contributed by atoms with Gasteiger partial charge in [-0.1, -0.05) is 12.1 Å². The molecule has 0 aliphatic carbocycles. The smallest absolute Gasteiger partial charge is 0.287 e. The molecule has 1 N–H and O–H groups in total. The lowest BCUT2D eigenvalue weighted by atomic mass is 10.1. The predicted molar refractivity (Wildman–Crippen MR) is 108 cm³/mol. The van der Waals surface area contributed by atoms with Crippen LogP contribution in [0.4, 0.5) is 10.1 Å². The number of anilines is 1. The van der Waals surface area contributed by atoms with E-state index in [0.717, 1.165) is 10.1 Å². The van der Waals surface area contributed by atoms with Gasteiger partial charge in [0.2, 0.25) is 0 Å². The van der Waals surface area contributed by atoms with Gasteiger partial charge >= 0.3 is 0 Å². The van der Waals surface area contributed by atoms with Crippen molar-refractivity contribution in [2.24, 2.45) is 0 Å². The zero-order valence-corrected chi connectivity index (χ0v) is 16.3. The molecule has 0 atom stereocenters. The number of aromatic nitrogens is 2. The van der Waals surface area contributed by atoms with Crippen LogP contribution in [-0.2, 0) is 6.61 Å². The maximum absolute atomic E-state index is 13.3. The predicted octanol–water partition coefficient (Wildman–Crippen LogP) is 3.87. The van der Waals surface area contributed by atoms with Gasteiger partial charge in [-0.15, -0.1) is 4.57 Å². The van der Waals surface area contributed by atoms with Crippen LogP contribution in [0.15, 0.2) is 63.9 Å². The van der Waals surface area contributed by atoms with E-state index in [-0.39, 0.29) is 17.7 Å². The molecule has 0 fully saturated rings. The highest BCUT2D eigenvalue weighted by Crippen LogP contribution is 2.24. The molecule has 152 valence electrons. The molecule has 7 nitrogen and oxygen atoms in total. The molecule has 0 unspecified atom stereocenters. The molecule has 0 aliphatic rings. The molecule has 0 saturated carbocycles. The van der Waals surface area contributed by atoms with Crippen LogP contribution in [0.25, 0.3) is 5.65 Å². The van der Waals surface area contributed by atoms with E-state index in [4.69, 9.17) is 9.26 Å². The molecular formula is C22H18FN3O4. The number of hydrogen-bond acceptors (Lipinski definition) is 5. The monoisotopic (exact) mass is 407 g/mol. The molecule has 2 aromatic heterocycles. The summed E-state index contributed by atoms with van der Waals surface area (Å²) in [6.07, 6.45) is 0. The van der Waals surface area contributed by atoms with Crippen LogP contribution in [0.3, 0.4) is 0 Å². The molecule has 2 aromatic carbocycles. The van der Waals surface area contributed by atoms with E-state index in [1.807, 2.05) is 6.92 Å². The Balaban J connectivity index is 1.51. The van der Waals surface area contributed by atoms with Crippen molar-refractivity contribution in [2.45, 2.75) is 20.5 Å². The summed E-state index contributed by atoms with van der Waals surface area (Å²) in [6, 6.07) is 13.6. The fraction of sp³-hybridized carbons (Fsp3) is 0.136. The number of aryl methyl sites for hydroxylation is 2. The average Bonchev–Trinajstić information content (AvgIpc) is 3.09. The highest BCUT2D eigenvalue weighted by atomic mass is 19.1. The summed E-state index contributed by atoms with van der Waals surface area (Å²) in [5.74, 6) is 0.191. The van der Waals surface area contributed by atoms with Crippen LogP contribution < -0.4 is 15.6 Å². The van der Waals surface area contributed by atoms with Gasteiger partial charge in [-0.3, -0.25) is 9.59 Å². The zero-order chi connectivity index (χ0) is 21.3. The summed E-state index contributed by atoms with van der Waals surface area (Å²) in [5, 5.41) is 2.72. The number of nitrogens with one attached hydrogen (secondary N) is 1. The summed E-state index contributed by atoms with van der Waals surface area (Å²) in [7, 11) is 0. The number of rotatable bonds is 5. The number of carbonyl (C=O) groups excluding carboxylic acids is 1. The molecule has 0 aliphatic heterocycles. The minimum absolute atomic E-state index is 0.0676. The van der Waals surface area contributed by atoms with Crippen molar-refractivity contribution < 1.29 is 18.4 Å². The van der Waals surface area contributed by atoms with Gasteiger partial charge in [-0.05, 0) is 43.7 Å². The molecule has 2 heterocycles. The van der Waals surface area contributed by atoms with Crippen molar-refractivity contribution in [2.75, 3.05) is 5.32 Å². The Morgan fingerprint density at radius 2 is 2.00 bits per heavy atom. The number of ether oxygens (including phenoxy) is 1. The number of fused-ring (bicyclic) bond motifs is 1. The number of benzene rings is 2. The third kappa shape index (κ3) is 4.07. The van der Waals surface area contributed by atoms with E-state index in [9.17, 15) is 14.0 Å². The summed E-state index contributed by atoms with van der Waals surface area (Å²) in [4.78, 5) is 28.8. The van der Waals surface area contributed by atoms with Crippen LogP contribution in [-0.4, -0.2) is 15.5 Å². The lowest BCUT2D eigenvalue weighted by Gasteiger charge is -2.12. The quantitative estimate of drug-likeness (QED) is 0.543. The number of nitrogens with zero attached hydrogens (tertiary/aromatic N) is 2. The van der Waals surface area contributed by atoms with Gasteiger partial charge < -0.3 is 14.6 Å². The average molecular weight is 407 g/mol. The second-order valence-corrected chi connectivity index (χ2v) is 6.82. The molecule has 0 radical (unpaired) electrons. The number of halogens is 1. The Kier molecular flexibility index (Phi) is 5.05. The number of carbonyl (C=O) groups is 1. The van der Waals surface area contributed by atoms with Crippen LogP contribution >= 0.6 is 0 Å². The second-order valence-electron chi connectivity index (χ2n) is 6.82. The van der Waals surface area contributed by atoms with Crippen LogP contribution in [0.5, 0.6) is 5.75 Å². The minimum Gasteiger partial charge on any atom is -0.487 e. The van der Waals surface area contributed by atoms with Crippen molar-refractivity contribution in [3.05, 3.63) is 93.3 Å². The second kappa shape index (κ2) is 7.82. The Labute approximate surface area is 170 Å². The summed E-state index contributed by atoms with van der Waals surface area (Å²) in [6.45, 7) is 3.66. The number of amides is 1. The Hall–Kier alpha value is -3.94. The van der Waals surface area contributed by atoms with E-state index in [0.29, 0.717) is 28.5 Å². The fourth-order valence-electron chi connectivity index (χ4n) is 2.97. The maximum Gasteiger partial charge on any atom is 0.287 e. The highest BCUT2D eigenvalue weighted by molar-refractivity contribution is 6.04. The zero-order valence-electron chi connectivity index (χ0n) is 16.3. The van der Waals surface area contributed by atoms with Gasteiger partial charge in [0, 0.05) is 29.4 Å². The Morgan fingerprint density at radius 1 is 1.17 bits per heavy atom. The lowest BCUT2D eigenvalue weighted by molar-refractivity contribution is 0.102. The largest absolute Gasteiger partial charge is 0.487 e. The molecule has 1 amide bonds. The molecular weight excluding hydrogens is 389 g/mol. The molecule has 4 aromatic rings. The van der Waals surface area contributed by atoms with E-state index in [1.165, 1.54) is 30.3 Å². The Bertz CT molecular complexity index is 1310. The number of hydrogen-bond donors (Lipinski definition) is 1. The summed E-state index contributed by atoms with van der Waals surface area (Å²) in [5.41, 5.74) is 2.08. The topological polar surface area (TPSA) is 85.8 Å². The standard InChI is InChI=1S/C22H18FN3O4/c1-13-6-7-17(25-22(28)15-4-3-5-16(23)9-15)10-19(13)29-12-18-11-21(27)26-20(24-18)8-14(2)30-26/h3-11H,12H2,1-2H3,(H,25,28). The van der Waals surface area contributed by atoms with Gasteiger partial charge in [0.1, 0.15) is 23.9 Å². The van der Waals surface area contributed by atoms with Crippen molar-refractivity contribution in [1.82, 2.24) is 9.56 Å². The molecule has 0 spiro atoms. The SMILES string of the molecule is Cc1cc2nc(COc3cc(NC(=O)c4cccc(F)c4)ccc3C)cc(=O)n2o1. The van der Waals surface area contributed by atoms with Crippen LogP contribution in [0.2, 0.25) is 0 Å². The molecule has 4 rings (SSSR count). The summed E-state index contributed by atoms with van der Waals surface area (Å²) < 4.78 is 25.6.